The molecule has 0 aliphatic carbocycles. The van der Waals surface area contributed by atoms with Crippen LogP contribution in [0.25, 0.3) is 16.6 Å². The highest BCUT2D eigenvalue weighted by Gasteiger charge is 2.34. The third kappa shape index (κ3) is 4.52. The van der Waals surface area contributed by atoms with Gasteiger partial charge in [0.25, 0.3) is 5.56 Å². The van der Waals surface area contributed by atoms with Crippen molar-refractivity contribution >= 4 is 28.4 Å². The van der Waals surface area contributed by atoms with E-state index in [2.05, 4.69) is 4.90 Å². The molecule has 0 bridgehead atoms. The van der Waals surface area contributed by atoms with E-state index in [0.29, 0.717) is 48.6 Å². The third-order valence-corrected chi connectivity index (χ3v) is 6.99. The molecule has 6 nitrogen and oxygen atoms in total. The predicted molar refractivity (Wildman–Crippen MR) is 128 cm³/mol. The molecule has 1 aliphatic rings. The molecule has 2 aromatic carbocycles. The van der Waals surface area contributed by atoms with Crippen LogP contribution in [0.5, 0.6) is 0 Å². The summed E-state index contributed by atoms with van der Waals surface area (Å²) in [5.41, 5.74) is 0.407. The van der Waals surface area contributed by atoms with Gasteiger partial charge in [-0.15, -0.1) is 11.6 Å². The van der Waals surface area contributed by atoms with E-state index in [-0.39, 0.29) is 29.2 Å². The molecule has 33 heavy (non-hydrogen) atoms. The van der Waals surface area contributed by atoms with E-state index in [1.807, 2.05) is 43.9 Å². The van der Waals surface area contributed by atoms with Crippen molar-refractivity contribution in [2.75, 3.05) is 32.1 Å². The van der Waals surface area contributed by atoms with Gasteiger partial charge in [-0.05, 0) is 57.2 Å². The lowest BCUT2D eigenvalue weighted by molar-refractivity contribution is -0.141. The molecule has 1 atom stereocenters. The number of piperazine rings is 1. The molecule has 0 saturated carbocycles. The summed E-state index contributed by atoms with van der Waals surface area (Å²) < 4.78 is 15.1. The predicted octanol–water partition coefficient (Wildman–Crippen LogP) is 4.00. The number of carbonyl (C=O) groups excluding carboxylic acids is 1. The van der Waals surface area contributed by atoms with E-state index in [9.17, 15) is 14.0 Å². The number of amides is 1. The summed E-state index contributed by atoms with van der Waals surface area (Å²) in [6.45, 7) is 8.19. The molecule has 8 heteroatoms. The Morgan fingerprint density at radius 2 is 1.73 bits per heavy atom. The maximum Gasteiger partial charge on any atom is 0.266 e. The molecule has 4 rings (SSSR count). The maximum atomic E-state index is 13.6. The highest BCUT2D eigenvalue weighted by molar-refractivity contribution is 6.19. The minimum atomic E-state index is -0.599. The molecule has 174 valence electrons. The zero-order valence-corrected chi connectivity index (χ0v) is 19.8. The SMILES string of the molecule is CC(c1nc2ccccc2c(=O)n1-c1ccc(F)cc1)N1CCN(C(=O)C(C)(C)CCl)CC1. The summed E-state index contributed by atoms with van der Waals surface area (Å²) in [4.78, 5) is 35.2. The van der Waals surface area contributed by atoms with Crippen molar-refractivity contribution in [2.24, 2.45) is 5.41 Å². The summed E-state index contributed by atoms with van der Waals surface area (Å²) in [6.07, 6.45) is 0. The Morgan fingerprint density at radius 3 is 2.36 bits per heavy atom. The summed E-state index contributed by atoms with van der Waals surface area (Å²) in [6, 6.07) is 12.9. The van der Waals surface area contributed by atoms with E-state index in [1.54, 1.807) is 22.8 Å². The van der Waals surface area contributed by atoms with Crippen LogP contribution < -0.4 is 5.56 Å². The van der Waals surface area contributed by atoms with Gasteiger partial charge < -0.3 is 4.90 Å². The average molecular weight is 471 g/mol. The Hall–Kier alpha value is -2.77. The minimum absolute atomic E-state index is 0.0526. The summed E-state index contributed by atoms with van der Waals surface area (Å²) >= 11 is 5.99. The Kier molecular flexibility index (Phi) is 6.54. The Labute approximate surface area is 197 Å². The lowest BCUT2D eigenvalue weighted by atomic mass is 9.94. The third-order valence-electron chi connectivity index (χ3n) is 6.32. The normalized spacial score (nSPS) is 16.2. The second-order valence-electron chi connectivity index (χ2n) is 9.13. The van der Waals surface area contributed by atoms with E-state index in [0.717, 1.165) is 0 Å². The average Bonchev–Trinajstić information content (AvgIpc) is 2.84. The van der Waals surface area contributed by atoms with Crippen LogP contribution in [-0.2, 0) is 4.79 Å². The van der Waals surface area contributed by atoms with Crippen LogP contribution in [0.4, 0.5) is 4.39 Å². The van der Waals surface area contributed by atoms with Gasteiger partial charge in [0, 0.05) is 32.1 Å². The van der Waals surface area contributed by atoms with Crippen molar-refractivity contribution in [3.63, 3.8) is 0 Å². The van der Waals surface area contributed by atoms with Gasteiger partial charge in [0.05, 0.1) is 28.0 Å². The molecule has 1 fully saturated rings. The smallest absolute Gasteiger partial charge is 0.266 e. The first-order chi connectivity index (χ1) is 15.7. The van der Waals surface area contributed by atoms with Gasteiger partial charge in [-0.25, -0.2) is 9.37 Å². The number of hydrogen-bond acceptors (Lipinski definition) is 4. The molecule has 0 spiro atoms. The molecule has 1 amide bonds. The molecule has 1 unspecified atom stereocenters. The molecule has 1 saturated heterocycles. The highest BCUT2D eigenvalue weighted by Crippen LogP contribution is 2.26. The number of rotatable bonds is 5. The second-order valence-corrected chi connectivity index (χ2v) is 9.39. The van der Waals surface area contributed by atoms with Crippen molar-refractivity contribution in [1.29, 1.82) is 0 Å². The quantitative estimate of drug-likeness (QED) is 0.529. The van der Waals surface area contributed by atoms with Crippen LogP contribution in [0.3, 0.4) is 0 Å². The summed E-state index contributed by atoms with van der Waals surface area (Å²) in [7, 11) is 0. The van der Waals surface area contributed by atoms with Crippen LogP contribution in [0.15, 0.2) is 53.3 Å². The van der Waals surface area contributed by atoms with Crippen LogP contribution in [-0.4, -0.2) is 57.3 Å². The van der Waals surface area contributed by atoms with Gasteiger partial charge >= 0.3 is 0 Å². The zero-order valence-electron chi connectivity index (χ0n) is 19.1. The van der Waals surface area contributed by atoms with E-state index in [4.69, 9.17) is 16.6 Å². The number of benzene rings is 2. The maximum absolute atomic E-state index is 13.6. The van der Waals surface area contributed by atoms with Gasteiger partial charge in [-0.2, -0.15) is 0 Å². The molecule has 0 N–H and O–H groups in total. The Balaban J connectivity index is 1.68. The number of nitrogens with zero attached hydrogens (tertiary/aromatic N) is 4. The molecule has 0 radical (unpaired) electrons. The number of carbonyl (C=O) groups is 1. The monoisotopic (exact) mass is 470 g/mol. The first-order valence-corrected chi connectivity index (χ1v) is 11.6. The number of aromatic nitrogens is 2. The van der Waals surface area contributed by atoms with Crippen LogP contribution >= 0.6 is 11.6 Å². The highest BCUT2D eigenvalue weighted by atomic mass is 35.5. The first kappa shape index (κ1) is 23.4. The van der Waals surface area contributed by atoms with E-state index in [1.165, 1.54) is 12.1 Å². The van der Waals surface area contributed by atoms with Crippen LogP contribution in [0.2, 0.25) is 0 Å². The molecule has 2 heterocycles. The van der Waals surface area contributed by atoms with Crippen LogP contribution in [0.1, 0.15) is 32.6 Å². The number of alkyl halides is 1. The largest absolute Gasteiger partial charge is 0.340 e. The fourth-order valence-electron chi connectivity index (χ4n) is 4.23. The van der Waals surface area contributed by atoms with Gasteiger partial charge in [-0.3, -0.25) is 19.1 Å². The second kappa shape index (κ2) is 9.23. The summed E-state index contributed by atoms with van der Waals surface area (Å²) in [5, 5.41) is 0.511. The lowest BCUT2D eigenvalue weighted by Crippen LogP contribution is -2.53. The molecular formula is C25H28ClFN4O2. The van der Waals surface area contributed by atoms with E-state index >= 15 is 0 Å². The number of hydrogen-bond donors (Lipinski definition) is 0. The van der Waals surface area contributed by atoms with Crippen LogP contribution in [0, 0.1) is 11.2 Å². The Morgan fingerprint density at radius 1 is 1.09 bits per heavy atom. The van der Waals surface area contributed by atoms with Crippen molar-refractivity contribution in [3.05, 3.63) is 70.5 Å². The Bertz CT molecular complexity index is 1220. The molecule has 3 aromatic rings. The number of fused-ring (bicyclic) bond motifs is 1. The minimum Gasteiger partial charge on any atom is -0.340 e. The van der Waals surface area contributed by atoms with Gasteiger partial charge in [0.15, 0.2) is 0 Å². The molecular weight excluding hydrogens is 443 g/mol. The standard InChI is InChI=1S/C25H28ClFN4O2/c1-17(29-12-14-30(15-13-29)24(33)25(2,3)16-26)22-28-21-7-5-4-6-20(21)23(32)31(22)19-10-8-18(27)9-11-19/h4-11,17H,12-16H2,1-3H3. The van der Waals surface area contributed by atoms with Crippen molar-refractivity contribution < 1.29 is 9.18 Å². The first-order valence-electron chi connectivity index (χ1n) is 11.1. The van der Waals surface area contributed by atoms with Crippen molar-refractivity contribution in [3.8, 4) is 5.69 Å². The zero-order chi connectivity index (χ0) is 23.8. The lowest BCUT2D eigenvalue weighted by Gasteiger charge is -2.40. The molecule has 1 aliphatic heterocycles. The van der Waals surface area contributed by atoms with Crippen molar-refractivity contribution in [2.45, 2.75) is 26.8 Å². The van der Waals surface area contributed by atoms with E-state index < -0.39 is 5.41 Å². The fraction of sp³-hybridized carbons (Fsp3) is 0.400. The topological polar surface area (TPSA) is 58.4 Å². The van der Waals surface area contributed by atoms with Gasteiger partial charge in [0.2, 0.25) is 5.91 Å². The number of halogens is 2. The van der Waals surface area contributed by atoms with Crippen molar-refractivity contribution in [1.82, 2.24) is 19.4 Å². The van der Waals surface area contributed by atoms with Gasteiger partial charge in [-0.1, -0.05) is 12.1 Å². The molecule has 1 aromatic heterocycles. The number of para-hydroxylation sites is 1. The summed E-state index contributed by atoms with van der Waals surface area (Å²) in [5.74, 6) is 0.548. The fourth-order valence-corrected chi connectivity index (χ4v) is 4.34. The van der Waals surface area contributed by atoms with Gasteiger partial charge in [0.1, 0.15) is 11.6 Å².